The van der Waals surface area contributed by atoms with Crippen LogP contribution >= 0.6 is 11.6 Å². The molecule has 0 unspecified atom stereocenters. The first-order valence-corrected chi connectivity index (χ1v) is 8.74. The van der Waals surface area contributed by atoms with Crippen LogP contribution in [0.5, 0.6) is 5.75 Å². The summed E-state index contributed by atoms with van der Waals surface area (Å²) in [5, 5.41) is 3.40. The number of carbonyl (C=O) groups is 1. The number of fused-ring (bicyclic) bond motifs is 1. The number of rotatable bonds is 6. The number of benzene rings is 1. The minimum atomic E-state index is -0.191. The van der Waals surface area contributed by atoms with Crippen molar-refractivity contribution in [1.29, 1.82) is 0 Å². The fourth-order valence-electron chi connectivity index (χ4n) is 2.48. The maximum atomic E-state index is 12.0. The number of pyridine rings is 1. The number of amides is 1. The van der Waals surface area contributed by atoms with Gasteiger partial charge in [0.1, 0.15) is 16.5 Å². The first-order valence-electron chi connectivity index (χ1n) is 8.36. The van der Waals surface area contributed by atoms with E-state index in [1.165, 1.54) is 6.08 Å². The fraction of sp³-hybridized carbons (Fsp3) is 0.200. The lowest BCUT2D eigenvalue weighted by atomic mass is 10.2. The molecule has 0 fully saturated rings. The van der Waals surface area contributed by atoms with Crippen molar-refractivity contribution < 1.29 is 9.53 Å². The smallest absolute Gasteiger partial charge is 0.244 e. The van der Waals surface area contributed by atoms with Gasteiger partial charge in [0.05, 0.1) is 18.3 Å². The van der Waals surface area contributed by atoms with E-state index in [1.807, 2.05) is 56.4 Å². The monoisotopic (exact) mass is 369 g/mol. The Labute approximate surface area is 157 Å². The second-order valence-corrected chi connectivity index (χ2v) is 6.49. The van der Waals surface area contributed by atoms with E-state index in [0.717, 1.165) is 22.7 Å². The highest BCUT2D eigenvalue weighted by Gasteiger charge is 2.05. The van der Waals surface area contributed by atoms with Crippen molar-refractivity contribution in [2.45, 2.75) is 26.5 Å². The molecule has 3 aromatic rings. The lowest BCUT2D eigenvalue weighted by Crippen LogP contribution is -2.20. The minimum Gasteiger partial charge on any atom is -0.491 e. The number of nitrogens with zero attached hydrogens (tertiary/aromatic N) is 2. The van der Waals surface area contributed by atoms with Gasteiger partial charge in [-0.2, -0.15) is 0 Å². The van der Waals surface area contributed by atoms with E-state index < -0.39 is 0 Å². The average Bonchev–Trinajstić information content (AvgIpc) is 3.02. The highest BCUT2D eigenvalue weighted by atomic mass is 35.5. The number of carbonyl (C=O) groups excluding carboxylic acids is 1. The van der Waals surface area contributed by atoms with Crippen LogP contribution < -0.4 is 10.1 Å². The molecule has 1 aromatic carbocycles. The van der Waals surface area contributed by atoms with Crippen LogP contribution in [0, 0.1) is 0 Å². The molecule has 0 saturated carbocycles. The van der Waals surface area contributed by atoms with Gasteiger partial charge in [-0.05, 0) is 49.8 Å². The lowest BCUT2D eigenvalue weighted by molar-refractivity contribution is -0.116. The summed E-state index contributed by atoms with van der Waals surface area (Å²) >= 11 is 6.11. The van der Waals surface area contributed by atoms with E-state index in [2.05, 4.69) is 10.3 Å². The Kier molecular flexibility index (Phi) is 5.58. The molecule has 6 heteroatoms. The molecule has 1 N–H and O–H groups in total. The van der Waals surface area contributed by atoms with Gasteiger partial charge in [0.25, 0.3) is 0 Å². The second kappa shape index (κ2) is 8.06. The van der Waals surface area contributed by atoms with Gasteiger partial charge in [0.2, 0.25) is 5.91 Å². The van der Waals surface area contributed by atoms with Crippen molar-refractivity contribution in [3.05, 3.63) is 71.1 Å². The van der Waals surface area contributed by atoms with E-state index in [9.17, 15) is 4.79 Å². The van der Waals surface area contributed by atoms with Crippen molar-refractivity contribution in [3.8, 4) is 5.75 Å². The van der Waals surface area contributed by atoms with Gasteiger partial charge in [-0.3, -0.25) is 9.20 Å². The zero-order chi connectivity index (χ0) is 18.5. The molecule has 0 aliphatic carbocycles. The van der Waals surface area contributed by atoms with Gasteiger partial charge < -0.3 is 10.1 Å². The SMILES string of the molecule is CC(C)Oc1cccc(/C=C/C(=O)NCc2cn3c(Cl)cccc3n2)c1. The first-order chi connectivity index (χ1) is 12.5. The van der Waals surface area contributed by atoms with Crippen LogP contribution in [0.15, 0.2) is 54.7 Å². The third-order valence-electron chi connectivity index (χ3n) is 3.59. The van der Waals surface area contributed by atoms with Crippen molar-refractivity contribution in [2.75, 3.05) is 0 Å². The van der Waals surface area contributed by atoms with Crippen LogP contribution in [-0.4, -0.2) is 21.4 Å². The Morgan fingerprint density at radius 3 is 2.88 bits per heavy atom. The fourth-order valence-corrected chi connectivity index (χ4v) is 2.69. The van der Waals surface area contributed by atoms with E-state index in [1.54, 1.807) is 16.5 Å². The molecule has 0 spiro atoms. The third-order valence-corrected chi connectivity index (χ3v) is 3.90. The summed E-state index contributed by atoms with van der Waals surface area (Å²) in [5.74, 6) is 0.590. The molecule has 26 heavy (non-hydrogen) atoms. The summed E-state index contributed by atoms with van der Waals surface area (Å²) in [6, 6.07) is 13.1. The quantitative estimate of drug-likeness (QED) is 0.525. The minimum absolute atomic E-state index is 0.108. The molecule has 0 atom stereocenters. The summed E-state index contributed by atoms with van der Waals surface area (Å²) < 4.78 is 7.43. The molecular weight excluding hydrogens is 350 g/mol. The van der Waals surface area contributed by atoms with Crippen LogP contribution in [0.2, 0.25) is 5.15 Å². The second-order valence-electron chi connectivity index (χ2n) is 6.10. The van der Waals surface area contributed by atoms with Crippen molar-refractivity contribution in [2.24, 2.45) is 0 Å². The molecule has 0 saturated heterocycles. The predicted molar refractivity (Wildman–Crippen MR) is 103 cm³/mol. The normalized spacial score (nSPS) is 11.4. The summed E-state index contributed by atoms with van der Waals surface area (Å²) in [4.78, 5) is 16.5. The maximum absolute atomic E-state index is 12.0. The standard InChI is InChI=1S/C20H20ClN3O2/c1-14(2)26-17-6-3-5-15(11-17)9-10-20(25)22-12-16-13-24-18(21)7-4-8-19(24)23-16/h3-11,13-14H,12H2,1-2H3,(H,22,25)/b10-9+. The third kappa shape index (κ3) is 4.64. The molecule has 0 bridgehead atoms. The summed E-state index contributed by atoms with van der Waals surface area (Å²) in [6.45, 7) is 4.28. The topological polar surface area (TPSA) is 55.6 Å². The van der Waals surface area contributed by atoms with Gasteiger partial charge in [0, 0.05) is 12.3 Å². The Bertz CT molecular complexity index is 947. The lowest BCUT2D eigenvalue weighted by Gasteiger charge is -2.09. The van der Waals surface area contributed by atoms with E-state index in [0.29, 0.717) is 11.7 Å². The molecule has 1 amide bonds. The molecular formula is C20H20ClN3O2. The first kappa shape index (κ1) is 18.0. The van der Waals surface area contributed by atoms with Gasteiger partial charge in [-0.15, -0.1) is 0 Å². The number of nitrogens with one attached hydrogen (secondary N) is 1. The number of halogens is 1. The molecule has 2 aromatic heterocycles. The largest absolute Gasteiger partial charge is 0.491 e. The van der Waals surface area contributed by atoms with Crippen LogP contribution in [-0.2, 0) is 11.3 Å². The Balaban J connectivity index is 1.59. The maximum Gasteiger partial charge on any atom is 0.244 e. The van der Waals surface area contributed by atoms with Crippen LogP contribution in [0.25, 0.3) is 11.7 Å². The number of hydrogen-bond donors (Lipinski definition) is 1. The average molecular weight is 370 g/mol. The number of hydrogen-bond acceptors (Lipinski definition) is 3. The molecule has 0 radical (unpaired) electrons. The highest BCUT2D eigenvalue weighted by molar-refractivity contribution is 6.29. The molecule has 0 aliphatic rings. The van der Waals surface area contributed by atoms with Crippen LogP contribution in [0.4, 0.5) is 0 Å². The Morgan fingerprint density at radius 1 is 1.31 bits per heavy atom. The van der Waals surface area contributed by atoms with Crippen LogP contribution in [0.1, 0.15) is 25.1 Å². The van der Waals surface area contributed by atoms with Crippen LogP contribution in [0.3, 0.4) is 0 Å². The van der Waals surface area contributed by atoms with Gasteiger partial charge in [0.15, 0.2) is 0 Å². The summed E-state index contributed by atoms with van der Waals surface area (Å²) in [7, 11) is 0. The number of ether oxygens (including phenoxy) is 1. The molecule has 0 aliphatic heterocycles. The Morgan fingerprint density at radius 2 is 2.12 bits per heavy atom. The van der Waals surface area contributed by atoms with Crippen molar-refractivity contribution >= 4 is 29.2 Å². The van der Waals surface area contributed by atoms with E-state index in [4.69, 9.17) is 16.3 Å². The molecule has 134 valence electrons. The van der Waals surface area contributed by atoms with Crippen molar-refractivity contribution in [3.63, 3.8) is 0 Å². The van der Waals surface area contributed by atoms with E-state index >= 15 is 0 Å². The number of imidazole rings is 1. The molecule has 5 nitrogen and oxygen atoms in total. The summed E-state index contributed by atoms with van der Waals surface area (Å²) in [6.07, 6.45) is 5.17. The van der Waals surface area contributed by atoms with Gasteiger partial charge in [-0.25, -0.2) is 4.98 Å². The zero-order valence-electron chi connectivity index (χ0n) is 14.6. The van der Waals surface area contributed by atoms with Gasteiger partial charge in [-0.1, -0.05) is 29.8 Å². The summed E-state index contributed by atoms with van der Waals surface area (Å²) in [5.41, 5.74) is 2.39. The number of aromatic nitrogens is 2. The zero-order valence-corrected chi connectivity index (χ0v) is 15.4. The Hall–Kier alpha value is -2.79. The molecule has 3 rings (SSSR count). The van der Waals surface area contributed by atoms with Crippen molar-refractivity contribution in [1.82, 2.24) is 14.7 Å². The highest BCUT2D eigenvalue weighted by Crippen LogP contribution is 2.16. The molecule has 2 heterocycles. The van der Waals surface area contributed by atoms with Gasteiger partial charge >= 0.3 is 0 Å². The predicted octanol–water partition coefficient (Wildman–Crippen LogP) is 4.10. The van der Waals surface area contributed by atoms with E-state index in [-0.39, 0.29) is 12.0 Å².